The summed E-state index contributed by atoms with van der Waals surface area (Å²) in [5, 5.41) is 9.99. The number of anilines is 1. The van der Waals surface area contributed by atoms with Gasteiger partial charge in [-0.25, -0.2) is 4.98 Å². The number of pyridine rings is 1. The fourth-order valence-corrected chi connectivity index (χ4v) is 1.43. The number of rotatable bonds is 5. The number of ether oxygens (including phenoxy) is 1. The van der Waals surface area contributed by atoms with Gasteiger partial charge in [-0.3, -0.25) is 5.10 Å². The zero-order chi connectivity index (χ0) is 12.1. The molecule has 2 N–H and O–H groups in total. The van der Waals surface area contributed by atoms with Crippen LogP contribution in [0.2, 0.25) is 0 Å². The first kappa shape index (κ1) is 11.4. The molecule has 2 rings (SSSR count). The highest BCUT2D eigenvalue weighted by Gasteiger charge is 2.06. The van der Waals surface area contributed by atoms with Crippen molar-refractivity contribution in [1.82, 2.24) is 15.2 Å². The van der Waals surface area contributed by atoms with Crippen LogP contribution in [0.1, 0.15) is 19.5 Å². The van der Waals surface area contributed by atoms with Gasteiger partial charge >= 0.3 is 0 Å². The smallest absolute Gasteiger partial charge is 0.169 e. The molecule has 2 aromatic heterocycles. The highest BCUT2D eigenvalue weighted by atomic mass is 16.5. The maximum atomic E-state index is 5.66. The number of hydrogen-bond acceptors (Lipinski definition) is 4. The normalized spacial score (nSPS) is 10.5. The van der Waals surface area contributed by atoms with Gasteiger partial charge < -0.3 is 10.1 Å². The fourth-order valence-electron chi connectivity index (χ4n) is 1.43. The minimum absolute atomic E-state index is 0.131. The molecule has 0 amide bonds. The zero-order valence-electron chi connectivity index (χ0n) is 9.97. The van der Waals surface area contributed by atoms with Crippen molar-refractivity contribution in [2.24, 2.45) is 0 Å². The maximum absolute atomic E-state index is 5.66. The molecule has 0 fully saturated rings. The first-order chi connectivity index (χ1) is 8.25. The van der Waals surface area contributed by atoms with Crippen LogP contribution in [-0.4, -0.2) is 21.3 Å². The van der Waals surface area contributed by atoms with E-state index in [0.717, 1.165) is 17.3 Å². The number of nitrogens with zero attached hydrogens (tertiary/aromatic N) is 2. The predicted molar refractivity (Wildman–Crippen MR) is 65.9 cm³/mol. The van der Waals surface area contributed by atoms with E-state index in [1.807, 2.05) is 32.0 Å². The summed E-state index contributed by atoms with van der Waals surface area (Å²) in [5.74, 6) is 1.51. The molecule has 0 saturated carbocycles. The molecule has 90 valence electrons. The summed E-state index contributed by atoms with van der Waals surface area (Å²) in [6.45, 7) is 4.63. The van der Waals surface area contributed by atoms with Gasteiger partial charge in [-0.05, 0) is 32.0 Å². The van der Waals surface area contributed by atoms with Gasteiger partial charge in [-0.2, -0.15) is 5.10 Å². The van der Waals surface area contributed by atoms with E-state index in [4.69, 9.17) is 4.74 Å². The van der Waals surface area contributed by atoms with Crippen molar-refractivity contribution in [2.45, 2.75) is 26.5 Å². The zero-order valence-corrected chi connectivity index (χ0v) is 9.97. The predicted octanol–water partition coefficient (Wildman–Crippen LogP) is 2.20. The van der Waals surface area contributed by atoms with Crippen molar-refractivity contribution in [1.29, 1.82) is 0 Å². The molecule has 0 aliphatic rings. The quantitative estimate of drug-likeness (QED) is 0.829. The SMILES string of the molecule is CC(C)Oc1cccnc1NCc1ccn[nH]1. The lowest BCUT2D eigenvalue weighted by atomic mass is 10.3. The highest BCUT2D eigenvalue weighted by Crippen LogP contribution is 2.22. The van der Waals surface area contributed by atoms with Crippen molar-refractivity contribution in [3.8, 4) is 5.75 Å². The van der Waals surface area contributed by atoms with Crippen LogP contribution in [0.15, 0.2) is 30.6 Å². The second-order valence-corrected chi connectivity index (χ2v) is 3.95. The van der Waals surface area contributed by atoms with Gasteiger partial charge in [0, 0.05) is 12.4 Å². The number of aromatic amines is 1. The Morgan fingerprint density at radius 3 is 2.94 bits per heavy atom. The van der Waals surface area contributed by atoms with E-state index in [1.165, 1.54) is 0 Å². The summed E-state index contributed by atoms with van der Waals surface area (Å²) in [7, 11) is 0. The summed E-state index contributed by atoms with van der Waals surface area (Å²) in [4.78, 5) is 4.26. The summed E-state index contributed by atoms with van der Waals surface area (Å²) in [6.07, 6.45) is 3.59. The average molecular weight is 232 g/mol. The molecule has 0 bridgehead atoms. The highest BCUT2D eigenvalue weighted by molar-refractivity contribution is 5.49. The summed E-state index contributed by atoms with van der Waals surface area (Å²) in [5.41, 5.74) is 1.01. The van der Waals surface area contributed by atoms with Crippen LogP contribution in [0.4, 0.5) is 5.82 Å². The molecule has 2 heterocycles. The van der Waals surface area contributed by atoms with E-state index in [-0.39, 0.29) is 6.10 Å². The van der Waals surface area contributed by atoms with Gasteiger partial charge in [0.2, 0.25) is 0 Å². The molecular weight excluding hydrogens is 216 g/mol. The van der Waals surface area contributed by atoms with E-state index >= 15 is 0 Å². The molecule has 0 aromatic carbocycles. The van der Waals surface area contributed by atoms with Crippen LogP contribution >= 0.6 is 0 Å². The molecule has 0 aliphatic heterocycles. The molecule has 0 unspecified atom stereocenters. The van der Waals surface area contributed by atoms with Crippen LogP contribution in [0.3, 0.4) is 0 Å². The minimum Gasteiger partial charge on any atom is -0.487 e. The molecule has 0 saturated heterocycles. The van der Waals surface area contributed by atoms with Crippen LogP contribution < -0.4 is 10.1 Å². The van der Waals surface area contributed by atoms with Crippen LogP contribution in [0.25, 0.3) is 0 Å². The van der Waals surface area contributed by atoms with Gasteiger partial charge in [-0.1, -0.05) is 0 Å². The Morgan fingerprint density at radius 2 is 2.24 bits per heavy atom. The van der Waals surface area contributed by atoms with Crippen molar-refractivity contribution >= 4 is 5.82 Å². The van der Waals surface area contributed by atoms with Crippen LogP contribution in [0.5, 0.6) is 5.75 Å². The monoisotopic (exact) mass is 232 g/mol. The molecule has 0 atom stereocenters. The number of aromatic nitrogens is 3. The Hall–Kier alpha value is -2.04. The van der Waals surface area contributed by atoms with E-state index in [2.05, 4.69) is 20.5 Å². The van der Waals surface area contributed by atoms with Gasteiger partial charge in [0.15, 0.2) is 11.6 Å². The fraction of sp³-hybridized carbons (Fsp3) is 0.333. The first-order valence-electron chi connectivity index (χ1n) is 5.59. The number of nitrogens with one attached hydrogen (secondary N) is 2. The van der Waals surface area contributed by atoms with E-state index in [0.29, 0.717) is 6.54 Å². The first-order valence-corrected chi connectivity index (χ1v) is 5.59. The second kappa shape index (κ2) is 5.34. The van der Waals surface area contributed by atoms with Crippen LogP contribution in [0, 0.1) is 0 Å². The second-order valence-electron chi connectivity index (χ2n) is 3.95. The lowest BCUT2D eigenvalue weighted by Gasteiger charge is -2.13. The number of hydrogen-bond donors (Lipinski definition) is 2. The Balaban J connectivity index is 2.04. The topological polar surface area (TPSA) is 62.8 Å². The third-order valence-electron chi connectivity index (χ3n) is 2.14. The van der Waals surface area contributed by atoms with Gasteiger partial charge in [0.05, 0.1) is 18.3 Å². The maximum Gasteiger partial charge on any atom is 0.169 e. The molecule has 2 aromatic rings. The standard InChI is InChI=1S/C12H16N4O/c1-9(2)17-11-4-3-6-13-12(11)14-8-10-5-7-15-16-10/h3-7,9H,8H2,1-2H3,(H,13,14)(H,15,16). The van der Waals surface area contributed by atoms with Gasteiger partial charge in [0.1, 0.15) is 0 Å². The number of H-pyrrole nitrogens is 1. The molecular formula is C12H16N4O. The van der Waals surface area contributed by atoms with Crippen molar-refractivity contribution in [3.63, 3.8) is 0 Å². The Morgan fingerprint density at radius 1 is 1.35 bits per heavy atom. The Kier molecular flexibility index (Phi) is 3.59. The van der Waals surface area contributed by atoms with Crippen molar-refractivity contribution in [2.75, 3.05) is 5.32 Å². The average Bonchev–Trinajstić information content (AvgIpc) is 2.80. The molecule has 0 aliphatic carbocycles. The van der Waals surface area contributed by atoms with E-state index in [1.54, 1.807) is 12.4 Å². The van der Waals surface area contributed by atoms with Crippen molar-refractivity contribution < 1.29 is 4.74 Å². The van der Waals surface area contributed by atoms with E-state index in [9.17, 15) is 0 Å². The molecule has 0 radical (unpaired) electrons. The molecule has 0 spiro atoms. The van der Waals surface area contributed by atoms with E-state index < -0.39 is 0 Å². The summed E-state index contributed by atoms with van der Waals surface area (Å²) >= 11 is 0. The summed E-state index contributed by atoms with van der Waals surface area (Å²) < 4.78 is 5.66. The Bertz CT molecular complexity index is 453. The largest absolute Gasteiger partial charge is 0.487 e. The summed E-state index contributed by atoms with van der Waals surface area (Å²) in [6, 6.07) is 5.68. The third-order valence-corrected chi connectivity index (χ3v) is 2.14. The lowest BCUT2D eigenvalue weighted by molar-refractivity contribution is 0.243. The van der Waals surface area contributed by atoms with Crippen LogP contribution in [-0.2, 0) is 6.54 Å². The third kappa shape index (κ3) is 3.21. The molecule has 5 heteroatoms. The Labute approximate surface area is 100 Å². The van der Waals surface area contributed by atoms with Gasteiger partial charge in [0.25, 0.3) is 0 Å². The molecule has 17 heavy (non-hydrogen) atoms. The molecule has 5 nitrogen and oxygen atoms in total. The lowest BCUT2D eigenvalue weighted by Crippen LogP contribution is -2.09. The van der Waals surface area contributed by atoms with Gasteiger partial charge in [-0.15, -0.1) is 0 Å². The van der Waals surface area contributed by atoms with Crippen molar-refractivity contribution in [3.05, 3.63) is 36.3 Å². The minimum atomic E-state index is 0.131.